The minimum absolute atomic E-state index is 0.101. The molecule has 0 N–H and O–H groups in total. The van der Waals surface area contributed by atoms with Gasteiger partial charge in [-0.25, -0.2) is 4.98 Å². The lowest BCUT2D eigenvalue weighted by Crippen LogP contribution is -2.00. The molecule has 0 saturated carbocycles. The molecule has 2 heteroatoms. The standard InChI is InChI=1S/C43H30N2/c1-2-41-44-39-20-9-10-21-40(39)45(41)32-25-24-29-26-31(23-22-30(29)27-32)42-35-15-5-7-17-37(35)43(38-18-8-6-16-36(38)42)34-19-11-13-28-12-3-4-14-33(28)34/h3-27H,2H2,1H3/i1D3,2D2,5D,6D,7D,8D,15D,16D,17D,18D. The van der Waals surface area contributed by atoms with Crippen molar-refractivity contribution < 1.29 is 17.8 Å². The highest BCUT2D eigenvalue weighted by atomic mass is 15.1. The largest absolute Gasteiger partial charge is 0.296 e. The van der Waals surface area contributed by atoms with Crippen LogP contribution in [0.5, 0.6) is 0 Å². The summed E-state index contributed by atoms with van der Waals surface area (Å²) in [6.45, 7) is -3.02. The van der Waals surface area contributed by atoms with Crippen LogP contribution in [0.4, 0.5) is 0 Å². The van der Waals surface area contributed by atoms with Crippen LogP contribution in [0.2, 0.25) is 0 Å². The molecule has 0 spiro atoms. The number of nitrogens with zero attached hydrogens (tertiary/aromatic N) is 2. The first-order valence-electron chi connectivity index (χ1n) is 21.0. The van der Waals surface area contributed by atoms with Crippen molar-refractivity contribution in [3.05, 3.63) is 157 Å². The van der Waals surface area contributed by atoms with E-state index in [2.05, 4.69) is 4.98 Å². The van der Waals surface area contributed by atoms with Crippen LogP contribution in [-0.2, 0) is 6.37 Å². The fraction of sp³-hybridized carbons (Fsp3) is 0.0465. The summed E-state index contributed by atoms with van der Waals surface area (Å²) in [5.41, 5.74) is 2.85. The van der Waals surface area contributed by atoms with E-state index in [0.717, 1.165) is 10.8 Å². The van der Waals surface area contributed by atoms with Crippen LogP contribution in [0.3, 0.4) is 0 Å². The van der Waals surface area contributed by atoms with Gasteiger partial charge in [0.15, 0.2) is 0 Å². The fourth-order valence-corrected chi connectivity index (χ4v) is 6.53. The van der Waals surface area contributed by atoms with Gasteiger partial charge in [-0.3, -0.25) is 4.57 Å². The van der Waals surface area contributed by atoms with E-state index in [4.69, 9.17) is 12.3 Å². The third kappa shape index (κ3) is 3.99. The number of aryl methyl sites for hydroxylation is 1. The van der Waals surface area contributed by atoms with Crippen LogP contribution in [0, 0.1) is 0 Å². The number of hydrogen-bond donors (Lipinski definition) is 0. The summed E-state index contributed by atoms with van der Waals surface area (Å²) < 4.78 is 115. The Hall–Kier alpha value is -5.73. The normalized spacial score (nSPS) is 16.5. The molecule has 0 unspecified atom stereocenters. The fourth-order valence-electron chi connectivity index (χ4n) is 6.53. The van der Waals surface area contributed by atoms with E-state index in [1.165, 1.54) is 4.57 Å². The lowest BCUT2D eigenvalue weighted by Gasteiger charge is -2.19. The molecule has 0 aliphatic carbocycles. The van der Waals surface area contributed by atoms with Crippen molar-refractivity contribution in [1.82, 2.24) is 9.55 Å². The lowest BCUT2D eigenvalue weighted by molar-refractivity contribution is 0.909. The molecule has 0 bridgehead atoms. The molecule has 9 rings (SSSR count). The van der Waals surface area contributed by atoms with Crippen molar-refractivity contribution >= 4 is 54.1 Å². The molecule has 0 atom stereocenters. The molecule has 0 fully saturated rings. The Labute approximate surface area is 280 Å². The maximum atomic E-state index is 9.32. The molecule has 0 radical (unpaired) electrons. The zero-order valence-electron chi connectivity index (χ0n) is 36.7. The van der Waals surface area contributed by atoms with E-state index in [1.54, 1.807) is 66.7 Å². The number of rotatable bonds is 4. The highest BCUT2D eigenvalue weighted by Gasteiger charge is 2.18. The van der Waals surface area contributed by atoms with Gasteiger partial charge in [0.05, 0.1) is 22.0 Å². The molecule has 45 heavy (non-hydrogen) atoms. The zero-order chi connectivity index (χ0) is 41.2. The maximum absolute atomic E-state index is 9.32. The summed E-state index contributed by atoms with van der Waals surface area (Å²) in [5, 5.41) is 3.32. The Kier molecular flexibility index (Phi) is 3.58. The van der Waals surface area contributed by atoms with Crippen LogP contribution in [0.1, 0.15) is 30.5 Å². The number of para-hydroxylation sites is 2. The number of imidazole rings is 1. The number of fused-ring (bicyclic) bond motifs is 5. The van der Waals surface area contributed by atoms with Gasteiger partial charge in [-0.15, -0.1) is 0 Å². The van der Waals surface area contributed by atoms with Crippen molar-refractivity contribution in [3.63, 3.8) is 0 Å². The summed E-state index contributed by atoms with van der Waals surface area (Å²) in [6.07, 6.45) is -2.80. The van der Waals surface area contributed by atoms with E-state index in [9.17, 15) is 5.48 Å². The van der Waals surface area contributed by atoms with Crippen molar-refractivity contribution in [3.8, 4) is 27.9 Å². The van der Waals surface area contributed by atoms with Crippen LogP contribution >= 0.6 is 0 Å². The van der Waals surface area contributed by atoms with Gasteiger partial charge >= 0.3 is 0 Å². The lowest BCUT2D eigenvalue weighted by atomic mass is 9.84. The first kappa shape index (κ1) is 15.8. The average Bonchev–Trinajstić information content (AvgIpc) is 3.62. The van der Waals surface area contributed by atoms with E-state index in [-0.39, 0.29) is 62.7 Å². The Morgan fingerprint density at radius 3 is 2.09 bits per heavy atom. The number of benzene rings is 8. The molecule has 8 aromatic carbocycles. The average molecular weight is 588 g/mol. The number of hydrogen-bond acceptors (Lipinski definition) is 1. The second-order valence-corrected chi connectivity index (χ2v) is 10.9. The Balaban J connectivity index is 1.38. The summed E-state index contributed by atoms with van der Waals surface area (Å²) in [6, 6.07) is 27.0. The molecule has 0 amide bonds. The summed E-state index contributed by atoms with van der Waals surface area (Å²) in [4.78, 5) is 4.43. The molecule has 0 aliphatic rings. The van der Waals surface area contributed by atoms with Crippen molar-refractivity contribution in [2.75, 3.05) is 0 Å². The highest BCUT2D eigenvalue weighted by molar-refractivity contribution is 6.23. The predicted molar refractivity (Wildman–Crippen MR) is 191 cm³/mol. The van der Waals surface area contributed by atoms with Gasteiger partial charge in [-0.1, -0.05) is 128 Å². The summed E-state index contributed by atoms with van der Waals surface area (Å²) >= 11 is 0. The SMILES string of the molecule is [2H]c1c([2H])c([2H])c2c(-c3cccc4ccccc34)c3c([2H])c([2H])c([2H])c([2H])c3c(-c3ccc4cc(-n5c(C([2H])([2H])C([2H])([2H])[2H])nc6ccccc65)ccc4c3)c2c1[2H]. The molecule has 212 valence electrons. The molecule has 1 heterocycles. The van der Waals surface area contributed by atoms with E-state index in [0.29, 0.717) is 38.6 Å². The maximum Gasteiger partial charge on any atom is 0.114 e. The van der Waals surface area contributed by atoms with Gasteiger partial charge in [0, 0.05) is 18.9 Å². The zero-order valence-corrected chi connectivity index (χ0v) is 23.7. The molecular formula is C43H30N2. The van der Waals surface area contributed by atoms with Gasteiger partial charge < -0.3 is 0 Å². The predicted octanol–water partition coefficient (Wildman–Crippen LogP) is 11.5. The third-order valence-electron chi connectivity index (χ3n) is 8.48. The summed E-state index contributed by atoms with van der Waals surface area (Å²) in [5.74, 6) is -0.280. The minimum Gasteiger partial charge on any atom is -0.296 e. The Bertz CT molecular complexity index is 3150. The molecule has 0 saturated heterocycles. The van der Waals surface area contributed by atoms with Crippen molar-refractivity contribution in [1.29, 1.82) is 0 Å². The van der Waals surface area contributed by atoms with Crippen LogP contribution in [0.15, 0.2) is 151 Å². The molecule has 2 nitrogen and oxygen atoms in total. The Morgan fingerprint density at radius 2 is 1.29 bits per heavy atom. The molecule has 0 aliphatic heterocycles. The van der Waals surface area contributed by atoms with Crippen LogP contribution < -0.4 is 0 Å². The summed E-state index contributed by atoms with van der Waals surface area (Å²) in [7, 11) is 0. The monoisotopic (exact) mass is 587 g/mol. The van der Waals surface area contributed by atoms with Crippen LogP contribution in [0.25, 0.3) is 82.1 Å². The van der Waals surface area contributed by atoms with E-state index < -0.39 is 37.4 Å². The first-order chi connectivity index (χ1) is 27.5. The van der Waals surface area contributed by atoms with Gasteiger partial charge in [-0.05, 0) is 95.7 Å². The number of aromatic nitrogens is 2. The smallest absolute Gasteiger partial charge is 0.114 e. The topological polar surface area (TPSA) is 17.8 Å². The first-order valence-corrected chi connectivity index (χ1v) is 14.5. The van der Waals surface area contributed by atoms with Gasteiger partial charge in [0.25, 0.3) is 0 Å². The second-order valence-electron chi connectivity index (χ2n) is 10.9. The second kappa shape index (κ2) is 10.2. The molecule has 9 aromatic rings. The molecular weight excluding hydrogens is 544 g/mol. The third-order valence-corrected chi connectivity index (χ3v) is 8.48. The molecule has 1 aromatic heterocycles. The quantitative estimate of drug-likeness (QED) is 0.187. The minimum atomic E-state index is -3.02. The van der Waals surface area contributed by atoms with E-state index in [1.807, 2.05) is 36.4 Å². The van der Waals surface area contributed by atoms with Gasteiger partial charge in [-0.2, -0.15) is 0 Å². The van der Waals surface area contributed by atoms with Gasteiger partial charge in [0.1, 0.15) is 5.82 Å². The Morgan fingerprint density at radius 1 is 0.622 bits per heavy atom. The van der Waals surface area contributed by atoms with Crippen molar-refractivity contribution in [2.24, 2.45) is 0 Å². The van der Waals surface area contributed by atoms with Crippen LogP contribution in [-0.4, -0.2) is 9.55 Å². The van der Waals surface area contributed by atoms with Crippen molar-refractivity contribution in [2.45, 2.75) is 13.2 Å². The van der Waals surface area contributed by atoms with E-state index >= 15 is 0 Å². The highest BCUT2D eigenvalue weighted by Crippen LogP contribution is 2.45. The van der Waals surface area contributed by atoms with Gasteiger partial charge in [0.2, 0.25) is 0 Å².